The van der Waals surface area contributed by atoms with Crippen LogP contribution in [0.2, 0.25) is 0 Å². The Hall–Kier alpha value is -2.14. The van der Waals surface area contributed by atoms with Crippen LogP contribution in [-0.2, 0) is 0 Å². The maximum atomic E-state index is 14.3. The Bertz CT molecular complexity index is 766. The zero-order chi connectivity index (χ0) is 15.3. The Labute approximate surface area is 133 Å². The topological polar surface area (TPSA) is 24.5 Å². The molecule has 0 unspecified atom stereocenters. The van der Waals surface area contributed by atoms with E-state index >= 15 is 0 Å². The van der Waals surface area contributed by atoms with Gasteiger partial charge in [-0.1, -0.05) is 30.3 Å². The molecule has 0 aliphatic carbocycles. The minimum atomic E-state index is -0.705. The van der Waals surface area contributed by atoms with E-state index in [1.807, 2.05) is 31.2 Å². The molecule has 2 aromatic carbocycles. The van der Waals surface area contributed by atoms with Gasteiger partial charge in [0, 0.05) is 12.0 Å². The first kappa shape index (κ1) is 13.5. The fraction of sp³-hybridized carbons (Fsp3) is 0.235. The van der Waals surface area contributed by atoms with Gasteiger partial charge in [0.05, 0.1) is 11.7 Å². The molecular weight excluding hydrogens is 299 g/mol. The monoisotopic (exact) mass is 314 g/mol. The van der Waals surface area contributed by atoms with E-state index in [2.05, 4.69) is 5.32 Å². The summed E-state index contributed by atoms with van der Waals surface area (Å²) in [4.78, 5) is 1.74. The van der Waals surface area contributed by atoms with Crippen molar-refractivity contribution in [2.24, 2.45) is 0 Å². The second-order valence-electron chi connectivity index (χ2n) is 5.81. The molecule has 2 atom stereocenters. The lowest BCUT2D eigenvalue weighted by Gasteiger charge is -2.52. The van der Waals surface area contributed by atoms with Crippen molar-refractivity contribution in [3.05, 3.63) is 59.9 Å². The first-order chi connectivity index (χ1) is 10.6. The van der Waals surface area contributed by atoms with E-state index in [9.17, 15) is 4.39 Å². The van der Waals surface area contributed by atoms with Crippen molar-refractivity contribution in [1.82, 2.24) is 5.32 Å². The lowest BCUT2D eigenvalue weighted by molar-refractivity contribution is 0.0492. The van der Waals surface area contributed by atoms with Crippen LogP contribution in [0, 0.1) is 5.82 Å². The van der Waals surface area contributed by atoms with Gasteiger partial charge in [-0.05, 0) is 37.3 Å². The third-order valence-corrected chi connectivity index (χ3v) is 4.57. The molecule has 0 spiro atoms. The Morgan fingerprint density at radius 2 is 1.95 bits per heavy atom. The van der Waals surface area contributed by atoms with Crippen LogP contribution in [0.4, 0.5) is 10.1 Å². The van der Waals surface area contributed by atoms with E-state index in [1.54, 1.807) is 23.1 Å². The molecule has 1 saturated heterocycles. The fourth-order valence-electron chi connectivity index (χ4n) is 3.32. The number of hydrogen-bond donors (Lipinski definition) is 1. The summed E-state index contributed by atoms with van der Waals surface area (Å²) < 4.78 is 20.5. The summed E-state index contributed by atoms with van der Waals surface area (Å²) >= 11 is 5.49. The van der Waals surface area contributed by atoms with Crippen LogP contribution in [0.15, 0.2) is 48.5 Å². The molecule has 5 heteroatoms. The van der Waals surface area contributed by atoms with E-state index in [4.69, 9.17) is 17.0 Å². The molecule has 0 amide bonds. The molecule has 0 saturated carbocycles. The van der Waals surface area contributed by atoms with Crippen molar-refractivity contribution < 1.29 is 9.13 Å². The van der Waals surface area contributed by atoms with Gasteiger partial charge >= 0.3 is 0 Å². The summed E-state index contributed by atoms with van der Waals surface area (Å²) in [6.45, 7) is 1.95. The number of ether oxygens (including phenoxy) is 1. The zero-order valence-corrected chi connectivity index (χ0v) is 12.9. The number of rotatable bonds is 1. The third kappa shape index (κ3) is 1.89. The fourth-order valence-corrected chi connectivity index (χ4v) is 3.75. The minimum Gasteiger partial charge on any atom is -0.467 e. The Morgan fingerprint density at radius 3 is 2.77 bits per heavy atom. The van der Waals surface area contributed by atoms with Crippen LogP contribution in [0.25, 0.3) is 0 Å². The average molecular weight is 314 g/mol. The van der Waals surface area contributed by atoms with Gasteiger partial charge in [0.2, 0.25) is 0 Å². The third-order valence-electron chi connectivity index (χ3n) is 4.27. The lowest BCUT2D eigenvalue weighted by Crippen LogP contribution is -2.65. The van der Waals surface area contributed by atoms with Crippen molar-refractivity contribution in [2.45, 2.75) is 25.1 Å². The van der Waals surface area contributed by atoms with Crippen molar-refractivity contribution in [3.63, 3.8) is 0 Å². The summed E-state index contributed by atoms with van der Waals surface area (Å²) in [5, 5.41) is 3.80. The number of nitrogens with one attached hydrogen (secondary N) is 1. The van der Waals surface area contributed by atoms with Crippen LogP contribution in [0.3, 0.4) is 0 Å². The zero-order valence-electron chi connectivity index (χ0n) is 12.0. The normalized spacial score (nSPS) is 26.0. The highest BCUT2D eigenvalue weighted by Gasteiger charge is 2.48. The number of hydrogen-bond acceptors (Lipinski definition) is 2. The molecule has 2 aliphatic rings. The van der Waals surface area contributed by atoms with Crippen molar-refractivity contribution >= 4 is 23.0 Å². The average Bonchev–Trinajstić information content (AvgIpc) is 2.48. The van der Waals surface area contributed by atoms with Gasteiger partial charge in [-0.3, -0.25) is 4.90 Å². The minimum absolute atomic E-state index is 0.0884. The molecule has 112 valence electrons. The van der Waals surface area contributed by atoms with Crippen LogP contribution >= 0.6 is 12.2 Å². The summed E-state index contributed by atoms with van der Waals surface area (Å²) in [6.07, 6.45) is 0.693. The number of para-hydroxylation sites is 2. The second-order valence-corrected chi connectivity index (χ2v) is 6.19. The number of anilines is 1. The van der Waals surface area contributed by atoms with E-state index < -0.39 is 5.72 Å². The highest BCUT2D eigenvalue weighted by atomic mass is 32.1. The summed E-state index contributed by atoms with van der Waals surface area (Å²) in [5.74, 6) is 0.506. The van der Waals surface area contributed by atoms with E-state index in [0.717, 1.165) is 11.3 Å². The highest BCUT2D eigenvalue weighted by molar-refractivity contribution is 7.80. The number of nitrogens with zero attached hydrogens (tertiary/aromatic N) is 1. The molecule has 2 heterocycles. The number of fused-ring (bicyclic) bond motifs is 4. The van der Waals surface area contributed by atoms with Gasteiger partial charge in [0.1, 0.15) is 11.6 Å². The largest absolute Gasteiger partial charge is 0.467 e. The molecule has 2 bridgehead atoms. The first-order valence-corrected chi connectivity index (χ1v) is 7.62. The molecule has 22 heavy (non-hydrogen) atoms. The van der Waals surface area contributed by atoms with Gasteiger partial charge in [0.15, 0.2) is 10.8 Å². The Kier molecular flexibility index (Phi) is 2.87. The summed E-state index contributed by atoms with van der Waals surface area (Å²) in [6, 6.07) is 14.6. The first-order valence-electron chi connectivity index (χ1n) is 7.22. The molecule has 2 aliphatic heterocycles. The summed E-state index contributed by atoms with van der Waals surface area (Å²) in [7, 11) is 0. The highest BCUT2D eigenvalue weighted by Crippen LogP contribution is 2.45. The van der Waals surface area contributed by atoms with Crippen LogP contribution < -0.4 is 15.0 Å². The van der Waals surface area contributed by atoms with E-state index in [0.29, 0.717) is 17.2 Å². The molecular formula is C17H15FN2OS. The van der Waals surface area contributed by atoms with Crippen LogP contribution in [0.1, 0.15) is 24.9 Å². The predicted molar refractivity (Wildman–Crippen MR) is 87.4 cm³/mol. The molecule has 0 aromatic heterocycles. The second kappa shape index (κ2) is 4.68. The number of thiocarbonyl (C=S) groups is 1. The van der Waals surface area contributed by atoms with E-state index in [1.165, 1.54) is 6.07 Å². The Morgan fingerprint density at radius 1 is 1.23 bits per heavy atom. The quantitative estimate of drug-likeness (QED) is 0.810. The van der Waals surface area contributed by atoms with Gasteiger partial charge in [-0.25, -0.2) is 4.39 Å². The van der Waals surface area contributed by atoms with E-state index in [-0.39, 0.29) is 11.9 Å². The van der Waals surface area contributed by atoms with Crippen molar-refractivity contribution in [1.29, 1.82) is 0 Å². The van der Waals surface area contributed by atoms with Gasteiger partial charge < -0.3 is 10.1 Å². The molecule has 2 aromatic rings. The molecule has 4 rings (SSSR count). The maximum Gasteiger partial charge on any atom is 0.188 e. The molecule has 1 fully saturated rings. The van der Waals surface area contributed by atoms with Gasteiger partial charge in [-0.15, -0.1) is 0 Å². The standard InChI is InChI=1S/C17H15FN2OS/c1-17-10-13(11-6-2-5-9-15(11)21-17)19-16(22)20(17)14-8-4-3-7-12(14)18/h2-9,13H,10H2,1H3,(H,19,22)/t13-,17+/m0/s1. The van der Waals surface area contributed by atoms with Gasteiger partial charge in [0.25, 0.3) is 0 Å². The maximum absolute atomic E-state index is 14.3. The smallest absolute Gasteiger partial charge is 0.188 e. The molecule has 1 N–H and O–H groups in total. The van der Waals surface area contributed by atoms with Crippen LogP contribution in [0.5, 0.6) is 5.75 Å². The Balaban J connectivity index is 1.84. The summed E-state index contributed by atoms with van der Waals surface area (Å²) in [5.41, 5.74) is 0.819. The SMILES string of the molecule is C[C@@]12C[C@H](NC(=S)N1c1ccccc1F)c1ccccc1O2. The molecule has 0 radical (unpaired) electrons. The van der Waals surface area contributed by atoms with Crippen molar-refractivity contribution in [2.75, 3.05) is 4.90 Å². The molecule has 3 nitrogen and oxygen atoms in total. The van der Waals surface area contributed by atoms with Crippen LogP contribution in [-0.4, -0.2) is 10.8 Å². The lowest BCUT2D eigenvalue weighted by atomic mass is 9.90. The van der Waals surface area contributed by atoms with Gasteiger partial charge in [-0.2, -0.15) is 0 Å². The number of benzene rings is 2. The predicted octanol–water partition coefficient (Wildman–Crippen LogP) is 3.76. The van der Waals surface area contributed by atoms with Crippen molar-refractivity contribution in [3.8, 4) is 5.75 Å². The number of halogens is 1.